The van der Waals surface area contributed by atoms with Gasteiger partial charge in [0, 0.05) is 13.1 Å². The van der Waals surface area contributed by atoms with E-state index in [1.165, 1.54) is 0 Å². The van der Waals surface area contributed by atoms with E-state index >= 15 is 0 Å². The van der Waals surface area contributed by atoms with Crippen LogP contribution in [0.2, 0.25) is 0 Å². The molecule has 2 rings (SSSR count). The minimum atomic E-state index is -3.76. The Bertz CT molecular complexity index is 695. The van der Waals surface area contributed by atoms with E-state index in [9.17, 15) is 13.2 Å². The fourth-order valence-electron chi connectivity index (χ4n) is 2.78. The smallest absolute Gasteiger partial charge is 0.241 e. The lowest BCUT2D eigenvalue weighted by Gasteiger charge is -2.32. The molecular formula is C17H26N2O4S. The summed E-state index contributed by atoms with van der Waals surface area (Å²) >= 11 is 0. The minimum Gasteiger partial charge on any atom is -0.378 e. The molecule has 1 aliphatic heterocycles. The van der Waals surface area contributed by atoms with Gasteiger partial charge in [-0.25, -0.2) is 8.42 Å². The summed E-state index contributed by atoms with van der Waals surface area (Å²) < 4.78 is 33.4. The van der Waals surface area contributed by atoms with Crippen molar-refractivity contribution in [1.82, 2.24) is 9.62 Å². The molecule has 7 heteroatoms. The molecule has 0 bridgehead atoms. The quantitative estimate of drug-likeness (QED) is 0.869. The summed E-state index contributed by atoms with van der Waals surface area (Å²) in [5.41, 5.74) is 1.67. The maximum atomic E-state index is 12.8. The number of ether oxygens (including phenoxy) is 1. The van der Waals surface area contributed by atoms with Crippen LogP contribution in [0.25, 0.3) is 0 Å². The molecule has 1 N–H and O–H groups in total. The molecule has 6 nitrogen and oxygen atoms in total. The van der Waals surface area contributed by atoms with Crippen molar-refractivity contribution in [3.05, 3.63) is 29.3 Å². The summed E-state index contributed by atoms with van der Waals surface area (Å²) in [6.45, 7) is 9.31. The zero-order valence-electron chi connectivity index (χ0n) is 14.7. The largest absolute Gasteiger partial charge is 0.378 e. The maximum Gasteiger partial charge on any atom is 0.241 e. The first kappa shape index (κ1) is 18.9. The Balaban J connectivity index is 2.24. The fourth-order valence-corrected chi connectivity index (χ4v) is 4.35. The highest BCUT2D eigenvalue weighted by Crippen LogP contribution is 2.18. The van der Waals surface area contributed by atoms with Gasteiger partial charge >= 0.3 is 0 Å². The van der Waals surface area contributed by atoms with Crippen molar-refractivity contribution in [2.75, 3.05) is 26.3 Å². The van der Waals surface area contributed by atoms with Crippen molar-refractivity contribution in [2.24, 2.45) is 5.92 Å². The number of carbonyl (C=O) groups is 1. The molecule has 1 heterocycles. The van der Waals surface area contributed by atoms with E-state index in [0.717, 1.165) is 5.56 Å². The average Bonchev–Trinajstić information content (AvgIpc) is 2.52. The van der Waals surface area contributed by atoms with Crippen LogP contribution in [0.1, 0.15) is 25.0 Å². The highest BCUT2D eigenvalue weighted by molar-refractivity contribution is 7.89. The Morgan fingerprint density at radius 3 is 2.38 bits per heavy atom. The Hall–Kier alpha value is -1.44. The van der Waals surface area contributed by atoms with Crippen molar-refractivity contribution >= 4 is 15.9 Å². The second-order valence-corrected chi connectivity index (χ2v) is 8.23. The first-order valence-electron chi connectivity index (χ1n) is 8.18. The molecule has 0 aromatic heterocycles. The molecule has 1 aromatic rings. The number of sulfonamides is 1. The van der Waals surface area contributed by atoms with Crippen LogP contribution < -0.4 is 4.72 Å². The average molecular weight is 354 g/mol. The van der Waals surface area contributed by atoms with E-state index in [-0.39, 0.29) is 16.7 Å². The van der Waals surface area contributed by atoms with Gasteiger partial charge in [0.2, 0.25) is 15.9 Å². The van der Waals surface area contributed by atoms with Crippen molar-refractivity contribution in [3.63, 3.8) is 0 Å². The monoisotopic (exact) mass is 354 g/mol. The molecule has 0 radical (unpaired) electrons. The molecule has 1 aliphatic rings. The van der Waals surface area contributed by atoms with E-state index in [1.54, 1.807) is 24.0 Å². The van der Waals surface area contributed by atoms with Crippen LogP contribution in [-0.4, -0.2) is 51.6 Å². The molecule has 1 amide bonds. The third-order valence-electron chi connectivity index (χ3n) is 4.16. The van der Waals surface area contributed by atoms with E-state index < -0.39 is 16.1 Å². The molecule has 0 aliphatic carbocycles. The van der Waals surface area contributed by atoms with E-state index in [0.29, 0.717) is 31.9 Å². The number of aryl methyl sites for hydroxylation is 2. The molecule has 134 valence electrons. The highest BCUT2D eigenvalue weighted by atomic mass is 32.2. The molecule has 1 saturated heterocycles. The number of hydrogen-bond acceptors (Lipinski definition) is 4. The first-order chi connectivity index (χ1) is 11.2. The standard InChI is InChI=1S/C17H26N2O4S/c1-12(2)16(17(20)19-7-9-23-10-8-19)18-24(21,22)15-6-5-13(3)11-14(15)4/h5-6,11-12,16,18H,7-10H2,1-4H3/t16-/m0/s1. The maximum absolute atomic E-state index is 12.8. The second kappa shape index (κ2) is 7.63. The number of amides is 1. The summed E-state index contributed by atoms with van der Waals surface area (Å²) in [4.78, 5) is 14.6. The van der Waals surface area contributed by atoms with Gasteiger partial charge in [-0.05, 0) is 31.4 Å². The van der Waals surface area contributed by atoms with Gasteiger partial charge in [0.05, 0.1) is 18.1 Å². The van der Waals surface area contributed by atoms with Crippen molar-refractivity contribution in [1.29, 1.82) is 0 Å². The van der Waals surface area contributed by atoms with Crippen molar-refractivity contribution in [3.8, 4) is 0 Å². The molecule has 1 aromatic carbocycles. The molecule has 0 saturated carbocycles. The van der Waals surface area contributed by atoms with E-state index in [4.69, 9.17) is 4.74 Å². The Labute approximate surface area is 144 Å². The molecule has 24 heavy (non-hydrogen) atoms. The first-order valence-corrected chi connectivity index (χ1v) is 9.67. The predicted molar refractivity (Wildman–Crippen MR) is 92.3 cm³/mol. The van der Waals surface area contributed by atoms with Crippen molar-refractivity contribution < 1.29 is 17.9 Å². The molecule has 0 unspecified atom stereocenters. The van der Waals surface area contributed by atoms with Crippen molar-refractivity contribution in [2.45, 2.75) is 38.6 Å². The number of nitrogens with zero attached hydrogens (tertiary/aromatic N) is 1. The topological polar surface area (TPSA) is 75.7 Å². The lowest BCUT2D eigenvalue weighted by Crippen LogP contribution is -2.53. The van der Waals surface area contributed by atoms with Crippen LogP contribution in [0.5, 0.6) is 0 Å². The summed E-state index contributed by atoms with van der Waals surface area (Å²) in [7, 11) is -3.76. The van der Waals surface area contributed by atoms with Crippen LogP contribution in [-0.2, 0) is 19.6 Å². The lowest BCUT2D eigenvalue weighted by atomic mass is 10.0. The third-order valence-corrected chi connectivity index (χ3v) is 5.76. The van der Waals surface area contributed by atoms with E-state index in [2.05, 4.69) is 4.72 Å². The van der Waals surface area contributed by atoms with Gasteiger partial charge < -0.3 is 9.64 Å². The summed E-state index contributed by atoms with van der Waals surface area (Å²) in [6.07, 6.45) is 0. The Kier molecular flexibility index (Phi) is 6.01. The summed E-state index contributed by atoms with van der Waals surface area (Å²) in [6, 6.07) is 4.39. The normalized spacial score (nSPS) is 17.1. The summed E-state index contributed by atoms with van der Waals surface area (Å²) in [5, 5.41) is 0. The van der Waals surface area contributed by atoms with Gasteiger partial charge in [-0.15, -0.1) is 0 Å². The Morgan fingerprint density at radius 1 is 1.21 bits per heavy atom. The van der Waals surface area contributed by atoms with E-state index in [1.807, 2.05) is 26.8 Å². The molecule has 1 atom stereocenters. The number of nitrogens with one attached hydrogen (secondary N) is 1. The fraction of sp³-hybridized carbons (Fsp3) is 0.588. The highest BCUT2D eigenvalue weighted by Gasteiger charge is 2.32. The van der Waals surface area contributed by atoms with Crippen LogP contribution in [0.3, 0.4) is 0 Å². The SMILES string of the molecule is Cc1ccc(S(=O)(=O)N[C@H](C(=O)N2CCOCC2)C(C)C)c(C)c1. The van der Waals surface area contributed by atoms with Gasteiger partial charge in [-0.3, -0.25) is 4.79 Å². The second-order valence-electron chi connectivity index (χ2n) is 6.55. The zero-order valence-corrected chi connectivity index (χ0v) is 15.5. The molecule has 0 spiro atoms. The van der Waals surface area contributed by atoms with Gasteiger partial charge in [0.15, 0.2) is 0 Å². The number of rotatable bonds is 5. The van der Waals surface area contributed by atoms with Crippen LogP contribution >= 0.6 is 0 Å². The molecular weight excluding hydrogens is 328 g/mol. The Morgan fingerprint density at radius 2 is 1.83 bits per heavy atom. The van der Waals surface area contributed by atoms with Gasteiger partial charge in [-0.1, -0.05) is 31.5 Å². The zero-order chi connectivity index (χ0) is 17.9. The van der Waals surface area contributed by atoms with Crippen LogP contribution in [0.4, 0.5) is 0 Å². The van der Waals surface area contributed by atoms with Gasteiger partial charge in [0.25, 0.3) is 0 Å². The number of carbonyl (C=O) groups excluding carboxylic acids is 1. The number of hydrogen-bond donors (Lipinski definition) is 1. The number of benzene rings is 1. The van der Waals surface area contributed by atoms with Gasteiger partial charge in [-0.2, -0.15) is 4.72 Å². The molecule has 1 fully saturated rings. The number of morpholine rings is 1. The van der Waals surface area contributed by atoms with Crippen LogP contribution in [0, 0.1) is 19.8 Å². The predicted octanol–water partition coefficient (Wildman–Crippen LogP) is 1.47. The third kappa shape index (κ3) is 4.34. The minimum absolute atomic E-state index is 0.152. The van der Waals surface area contributed by atoms with Crippen LogP contribution in [0.15, 0.2) is 23.1 Å². The lowest BCUT2D eigenvalue weighted by molar-refractivity contribution is -0.138. The summed E-state index contributed by atoms with van der Waals surface area (Å²) in [5.74, 6) is -0.345. The van der Waals surface area contributed by atoms with Gasteiger partial charge in [0.1, 0.15) is 6.04 Å².